The second-order valence-electron chi connectivity index (χ2n) is 4.50. The van der Waals surface area contributed by atoms with E-state index < -0.39 is 18.1 Å². The van der Waals surface area contributed by atoms with Crippen LogP contribution in [0.5, 0.6) is 0 Å². The number of carboxylic acid groups (broad SMARTS) is 1. The number of hydrogen-bond acceptors (Lipinski definition) is 4. The first-order valence-electron chi connectivity index (χ1n) is 6.49. The van der Waals surface area contributed by atoms with Gasteiger partial charge in [0.25, 0.3) is 0 Å². The second kappa shape index (κ2) is 7.51. The lowest BCUT2D eigenvalue weighted by Gasteiger charge is -2.14. The number of furan rings is 1. The van der Waals surface area contributed by atoms with Crippen LogP contribution in [0.4, 0.5) is 4.79 Å². The third kappa shape index (κ3) is 4.82. The summed E-state index contributed by atoms with van der Waals surface area (Å²) in [7, 11) is 0. The molecular weight excluding hydrogens is 310 g/mol. The van der Waals surface area contributed by atoms with Crippen LogP contribution in [0.25, 0.3) is 0 Å². The normalized spacial score (nSPS) is 11.7. The molecule has 0 aliphatic rings. The van der Waals surface area contributed by atoms with Gasteiger partial charge in [-0.15, -0.1) is 0 Å². The monoisotopic (exact) mass is 323 g/mol. The molecule has 1 atom stereocenters. The van der Waals surface area contributed by atoms with Gasteiger partial charge in [0.15, 0.2) is 5.22 Å². The average Bonchev–Trinajstić information content (AvgIpc) is 2.92. The van der Waals surface area contributed by atoms with Crippen LogP contribution in [0.15, 0.2) is 46.9 Å². The fraction of sp³-hybridized carbons (Fsp3) is 0.200. The number of aliphatic carboxylic acids is 1. The van der Waals surface area contributed by atoms with Gasteiger partial charge in [0.05, 0.1) is 6.42 Å². The molecule has 2 aromatic rings. The number of ether oxygens (including phenoxy) is 1. The first-order valence-corrected chi connectivity index (χ1v) is 6.86. The van der Waals surface area contributed by atoms with Gasteiger partial charge in [0.1, 0.15) is 18.4 Å². The number of amides is 1. The highest BCUT2D eigenvalue weighted by atomic mass is 35.5. The predicted molar refractivity (Wildman–Crippen MR) is 78.5 cm³/mol. The summed E-state index contributed by atoms with van der Waals surface area (Å²) in [6, 6.07) is 11.3. The van der Waals surface area contributed by atoms with E-state index in [0.717, 1.165) is 5.56 Å². The number of nitrogens with one attached hydrogen (secondary N) is 1. The quantitative estimate of drug-likeness (QED) is 0.850. The van der Waals surface area contributed by atoms with Gasteiger partial charge >= 0.3 is 12.1 Å². The molecule has 0 saturated carbocycles. The Morgan fingerprint density at radius 3 is 2.55 bits per heavy atom. The summed E-state index contributed by atoms with van der Waals surface area (Å²) < 4.78 is 10.2. The molecule has 2 rings (SSSR count). The maximum atomic E-state index is 11.8. The number of rotatable bonds is 6. The van der Waals surface area contributed by atoms with Crippen LogP contribution < -0.4 is 5.32 Å². The molecule has 1 aromatic heterocycles. The van der Waals surface area contributed by atoms with E-state index in [1.807, 2.05) is 30.3 Å². The Bertz CT molecular complexity index is 640. The fourth-order valence-electron chi connectivity index (χ4n) is 1.82. The molecule has 6 nitrogen and oxygen atoms in total. The molecule has 7 heteroatoms. The third-order valence-corrected chi connectivity index (χ3v) is 3.02. The van der Waals surface area contributed by atoms with E-state index in [1.165, 1.54) is 12.1 Å². The van der Waals surface area contributed by atoms with Crippen LogP contribution in [0.2, 0.25) is 5.22 Å². The smallest absolute Gasteiger partial charge is 0.408 e. The van der Waals surface area contributed by atoms with Crippen molar-refractivity contribution in [3.63, 3.8) is 0 Å². The van der Waals surface area contributed by atoms with Crippen molar-refractivity contribution in [2.24, 2.45) is 0 Å². The number of halogens is 1. The number of alkyl carbamates (subject to hydrolysis) is 1. The van der Waals surface area contributed by atoms with Crippen molar-refractivity contribution < 1.29 is 23.8 Å². The maximum Gasteiger partial charge on any atom is 0.408 e. The number of carboxylic acids is 1. The van der Waals surface area contributed by atoms with E-state index in [9.17, 15) is 9.59 Å². The van der Waals surface area contributed by atoms with Gasteiger partial charge in [-0.3, -0.25) is 4.79 Å². The van der Waals surface area contributed by atoms with Gasteiger partial charge in [-0.25, -0.2) is 4.79 Å². The van der Waals surface area contributed by atoms with Crippen LogP contribution in [0.1, 0.15) is 23.8 Å². The summed E-state index contributed by atoms with van der Waals surface area (Å²) >= 11 is 5.66. The summed E-state index contributed by atoms with van der Waals surface area (Å²) in [5.41, 5.74) is 0.827. The highest BCUT2D eigenvalue weighted by Gasteiger charge is 2.22. The van der Waals surface area contributed by atoms with Gasteiger partial charge in [-0.05, 0) is 29.3 Å². The van der Waals surface area contributed by atoms with Crippen molar-refractivity contribution in [3.8, 4) is 0 Å². The van der Waals surface area contributed by atoms with Gasteiger partial charge in [-0.2, -0.15) is 0 Å². The van der Waals surface area contributed by atoms with Gasteiger partial charge < -0.3 is 19.6 Å². The molecule has 22 heavy (non-hydrogen) atoms. The minimum Gasteiger partial charge on any atom is -0.481 e. The number of benzene rings is 1. The molecule has 0 aliphatic heterocycles. The maximum absolute atomic E-state index is 11.8. The SMILES string of the molecule is O=C(O)C[C@@H](NC(=O)OCc1ccccc1)c1ccc(Cl)o1. The van der Waals surface area contributed by atoms with Crippen molar-refractivity contribution >= 4 is 23.7 Å². The topological polar surface area (TPSA) is 88.8 Å². The van der Waals surface area contributed by atoms with Crippen molar-refractivity contribution in [2.45, 2.75) is 19.1 Å². The molecule has 1 aromatic carbocycles. The predicted octanol–water partition coefficient (Wildman–Crippen LogP) is 3.38. The lowest BCUT2D eigenvalue weighted by molar-refractivity contribution is -0.137. The van der Waals surface area contributed by atoms with Crippen molar-refractivity contribution in [1.82, 2.24) is 5.32 Å². The lowest BCUT2D eigenvalue weighted by atomic mass is 10.1. The van der Waals surface area contributed by atoms with Crippen molar-refractivity contribution in [1.29, 1.82) is 0 Å². The van der Waals surface area contributed by atoms with Gasteiger partial charge in [0.2, 0.25) is 0 Å². The van der Waals surface area contributed by atoms with Crippen molar-refractivity contribution in [2.75, 3.05) is 0 Å². The minimum absolute atomic E-state index is 0.0887. The minimum atomic E-state index is -1.08. The summed E-state index contributed by atoms with van der Waals surface area (Å²) in [6.45, 7) is 0.0887. The Kier molecular flexibility index (Phi) is 5.43. The summed E-state index contributed by atoms with van der Waals surface area (Å²) in [5.74, 6) is -0.829. The summed E-state index contributed by atoms with van der Waals surface area (Å²) in [5, 5.41) is 11.5. The largest absolute Gasteiger partial charge is 0.481 e. The summed E-state index contributed by atoms with van der Waals surface area (Å²) in [6.07, 6.45) is -1.08. The summed E-state index contributed by atoms with van der Waals surface area (Å²) in [4.78, 5) is 22.7. The highest BCUT2D eigenvalue weighted by molar-refractivity contribution is 6.28. The Morgan fingerprint density at radius 2 is 1.95 bits per heavy atom. The zero-order valence-corrected chi connectivity index (χ0v) is 12.2. The molecule has 0 fully saturated rings. The van der Waals surface area contributed by atoms with Crippen molar-refractivity contribution in [3.05, 3.63) is 59.0 Å². The first kappa shape index (κ1) is 15.9. The average molecular weight is 324 g/mol. The Balaban J connectivity index is 1.94. The van der Waals surface area contributed by atoms with E-state index in [-0.39, 0.29) is 24.0 Å². The molecular formula is C15H14ClNO5. The number of hydrogen-bond donors (Lipinski definition) is 2. The molecule has 0 radical (unpaired) electrons. The second-order valence-corrected chi connectivity index (χ2v) is 4.87. The zero-order chi connectivity index (χ0) is 15.9. The highest BCUT2D eigenvalue weighted by Crippen LogP contribution is 2.22. The Labute approximate surface area is 131 Å². The number of carbonyl (C=O) groups excluding carboxylic acids is 1. The van der Waals surface area contributed by atoms with E-state index in [1.54, 1.807) is 0 Å². The fourth-order valence-corrected chi connectivity index (χ4v) is 1.97. The van der Waals surface area contributed by atoms with E-state index in [4.69, 9.17) is 25.9 Å². The van der Waals surface area contributed by atoms with Crippen LogP contribution >= 0.6 is 11.6 Å². The van der Waals surface area contributed by atoms with Crippen LogP contribution in [-0.4, -0.2) is 17.2 Å². The van der Waals surface area contributed by atoms with Crippen LogP contribution in [0, 0.1) is 0 Å². The molecule has 1 heterocycles. The molecule has 0 unspecified atom stereocenters. The zero-order valence-electron chi connectivity index (χ0n) is 11.5. The molecule has 0 bridgehead atoms. The molecule has 0 saturated heterocycles. The molecule has 1 amide bonds. The van der Waals surface area contributed by atoms with Crippen LogP contribution in [-0.2, 0) is 16.1 Å². The third-order valence-electron chi connectivity index (χ3n) is 2.82. The number of carbonyl (C=O) groups is 2. The Morgan fingerprint density at radius 1 is 1.23 bits per heavy atom. The van der Waals surface area contributed by atoms with Gasteiger partial charge in [-0.1, -0.05) is 30.3 Å². The lowest BCUT2D eigenvalue weighted by Crippen LogP contribution is -2.30. The van der Waals surface area contributed by atoms with Crippen LogP contribution in [0.3, 0.4) is 0 Å². The molecule has 2 N–H and O–H groups in total. The molecule has 0 spiro atoms. The Hall–Kier alpha value is -2.47. The van der Waals surface area contributed by atoms with E-state index >= 15 is 0 Å². The molecule has 0 aliphatic carbocycles. The standard InChI is InChI=1S/C15H14ClNO5/c16-13-7-6-12(22-13)11(8-14(18)19)17-15(20)21-9-10-4-2-1-3-5-10/h1-7,11H,8-9H2,(H,17,20)(H,18,19)/t11-/m1/s1. The van der Waals surface area contributed by atoms with E-state index in [0.29, 0.717) is 0 Å². The van der Waals surface area contributed by atoms with Gasteiger partial charge in [0, 0.05) is 0 Å². The molecule has 116 valence electrons. The first-order chi connectivity index (χ1) is 10.5. The van der Waals surface area contributed by atoms with E-state index in [2.05, 4.69) is 5.32 Å².